The molecule has 1 N–H and O–H groups in total. The molecule has 1 aromatic heterocycles. The molecule has 6 nitrogen and oxygen atoms in total. The van der Waals surface area contributed by atoms with E-state index in [2.05, 4.69) is 16.5 Å². The number of amides is 2. The van der Waals surface area contributed by atoms with Crippen LogP contribution in [-0.2, 0) is 13.0 Å². The van der Waals surface area contributed by atoms with Crippen LogP contribution in [0, 0.1) is 0 Å². The summed E-state index contributed by atoms with van der Waals surface area (Å²) in [4.78, 5) is 14.7. The van der Waals surface area contributed by atoms with Gasteiger partial charge in [0.25, 0.3) is 0 Å². The molecule has 1 aliphatic rings. The van der Waals surface area contributed by atoms with E-state index in [4.69, 9.17) is 4.74 Å². The Morgan fingerprint density at radius 3 is 3.00 bits per heavy atom. The Hall–Kier alpha value is -2.50. The van der Waals surface area contributed by atoms with E-state index in [9.17, 15) is 4.79 Å². The van der Waals surface area contributed by atoms with Crippen LogP contribution in [0.25, 0.3) is 0 Å². The van der Waals surface area contributed by atoms with Gasteiger partial charge in [0.1, 0.15) is 5.75 Å². The number of nitrogens with one attached hydrogen (secondary N) is 1. The number of ether oxygens (including phenoxy) is 1. The van der Waals surface area contributed by atoms with Crippen LogP contribution < -0.4 is 10.1 Å². The molecule has 146 valence electrons. The highest BCUT2D eigenvalue weighted by Crippen LogP contribution is 2.21. The monoisotopic (exact) mass is 370 g/mol. The van der Waals surface area contributed by atoms with Gasteiger partial charge in [0.05, 0.1) is 7.11 Å². The van der Waals surface area contributed by atoms with Crippen molar-refractivity contribution in [3.05, 3.63) is 48.3 Å². The minimum Gasteiger partial charge on any atom is -0.496 e. The van der Waals surface area contributed by atoms with Crippen LogP contribution in [0.2, 0.25) is 0 Å². The van der Waals surface area contributed by atoms with E-state index in [0.29, 0.717) is 12.6 Å². The highest BCUT2D eigenvalue weighted by molar-refractivity contribution is 5.74. The Kier molecular flexibility index (Phi) is 7.13. The number of likely N-dealkylation sites (tertiary alicyclic amines) is 1. The highest BCUT2D eigenvalue weighted by Gasteiger charge is 2.26. The fourth-order valence-corrected chi connectivity index (χ4v) is 3.77. The molecule has 2 aromatic rings. The molecule has 6 heteroatoms. The number of hydrogen-bond donors (Lipinski definition) is 1. The van der Waals surface area contributed by atoms with Crippen molar-refractivity contribution in [2.75, 3.05) is 20.2 Å². The standard InChI is InChI=1S/C21H30N4O2/c1-27-20-11-3-2-8-18(20)9-6-13-22-21(26)25-16-5-4-10-19(25)12-17-24-15-7-14-23-24/h2-3,7-8,11,14-15,19H,4-6,9-10,12-13,16-17H2,1H3,(H,22,26)/t19-/m0/s1. The second kappa shape index (κ2) is 10.00. The second-order valence-electron chi connectivity index (χ2n) is 7.05. The zero-order chi connectivity index (χ0) is 18.9. The number of aryl methyl sites for hydroxylation is 2. The molecule has 0 unspecified atom stereocenters. The molecule has 0 aliphatic carbocycles. The lowest BCUT2D eigenvalue weighted by Crippen LogP contribution is -2.49. The first-order valence-corrected chi connectivity index (χ1v) is 9.91. The molecule has 0 spiro atoms. The molecule has 2 amide bonds. The number of aromatic nitrogens is 2. The number of urea groups is 1. The van der Waals surface area contributed by atoms with E-state index in [1.165, 1.54) is 12.0 Å². The SMILES string of the molecule is COc1ccccc1CCCNC(=O)N1CCCC[C@H]1CCn1cccn1. The molecular weight excluding hydrogens is 340 g/mol. The number of nitrogens with zero attached hydrogens (tertiary/aromatic N) is 3. The van der Waals surface area contributed by atoms with Crippen molar-refractivity contribution in [1.82, 2.24) is 20.0 Å². The normalized spacial score (nSPS) is 16.9. The van der Waals surface area contributed by atoms with Crippen molar-refractivity contribution in [3.8, 4) is 5.75 Å². The average molecular weight is 370 g/mol. The zero-order valence-electron chi connectivity index (χ0n) is 16.1. The largest absolute Gasteiger partial charge is 0.496 e. The third-order valence-corrected chi connectivity index (χ3v) is 5.23. The predicted molar refractivity (Wildman–Crippen MR) is 106 cm³/mol. The number of piperidine rings is 1. The number of carbonyl (C=O) groups excluding carboxylic acids is 1. The van der Waals surface area contributed by atoms with Crippen LogP contribution in [-0.4, -0.2) is 47.0 Å². The van der Waals surface area contributed by atoms with Gasteiger partial charge in [-0.1, -0.05) is 18.2 Å². The van der Waals surface area contributed by atoms with E-state index < -0.39 is 0 Å². The van der Waals surface area contributed by atoms with Crippen molar-refractivity contribution in [2.45, 2.75) is 51.1 Å². The van der Waals surface area contributed by atoms with Gasteiger partial charge in [0.2, 0.25) is 0 Å². The Bertz CT molecular complexity index is 702. The summed E-state index contributed by atoms with van der Waals surface area (Å²) in [5.41, 5.74) is 1.18. The summed E-state index contributed by atoms with van der Waals surface area (Å²) in [6.45, 7) is 2.39. The van der Waals surface area contributed by atoms with Crippen molar-refractivity contribution in [3.63, 3.8) is 0 Å². The highest BCUT2D eigenvalue weighted by atomic mass is 16.5. The van der Waals surface area contributed by atoms with Crippen molar-refractivity contribution < 1.29 is 9.53 Å². The van der Waals surface area contributed by atoms with Gasteiger partial charge in [-0.3, -0.25) is 4.68 Å². The van der Waals surface area contributed by atoms with Gasteiger partial charge in [-0.25, -0.2) is 4.79 Å². The van der Waals surface area contributed by atoms with Crippen LogP contribution in [0.4, 0.5) is 4.79 Å². The summed E-state index contributed by atoms with van der Waals surface area (Å²) in [7, 11) is 1.69. The smallest absolute Gasteiger partial charge is 0.317 e. The minimum atomic E-state index is 0.0696. The Morgan fingerprint density at radius 1 is 1.30 bits per heavy atom. The number of hydrogen-bond acceptors (Lipinski definition) is 3. The number of benzene rings is 1. The molecule has 1 saturated heterocycles. The summed E-state index contributed by atoms with van der Waals surface area (Å²) in [6.07, 6.45) is 9.89. The predicted octanol–water partition coefficient (Wildman–Crippen LogP) is 3.48. The van der Waals surface area contributed by atoms with Crippen molar-refractivity contribution in [2.24, 2.45) is 0 Å². The zero-order valence-corrected chi connectivity index (χ0v) is 16.1. The molecule has 1 aromatic carbocycles. The van der Waals surface area contributed by atoms with Gasteiger partial charge in [-0.2, -0.15) is 5.10 Å². The molecule has 1 fully saturated rings. The summed E-state index contributed by atoms with van der Waals surface area (Å²) >= 11 is 0. The number of carbonyl (C=O) groups is 1. The summed E-state index contributed by atoms with van der Waals surface area (Å²) in [6, 6.07) is 10.4. The van der Waals surface area contributed by atoms with Crippen molar-refractivity contribution in [1.29, 1.82) is 0 Å². The first kappa shape index (κ1) is 19.3. The van der Waals surface area contributed by atoms with Crippen LogP contribution in [0.15, 0.2) is 42.7 Å². The van der Waals surface area contributed by atoms with Gasteiger partial charge < -0.3 is 15.0 Å². The van der Waals surface area contributed by atoms with Crippen LogP contribution in [0.5, 0.6) is 5.75 Å². The Morgan fingerprint density at radius 2 is 2.19 bits per heavy atom. The quantitative estimate of drug-likeness (QED) is 0.724. The maximum absolute atomic E-state index is 12.7. The number of rotatable bonds is 8. The summed E-state index contributed by atoms with van der Waals surface area (Å²) in [5.74, 6) is 0.915. The van der Waals surface area contributed by atoms with Crippen molar-refractivity contribution >= 4 is 6.03 Å². The Labute approximate surface area is 161 Å². The molecule has 27 heavy (non-hydrogen) atoms. The molecule has 3 rings (SSSR count). The first-order chi connectivity index (χ1) is 13.3. The summed E-state index contributed by atoms with van der Waals surface area (Å²) < 4.78 is 7.33. The van der Waals surface area contributed by atoms with Crippen LogP contribution >= 0.6 is 0 Å². The van der Waals surface area contributed by atoms with Gasteiger partial charge in [-0.05, 0) is 56.2 Å². The Balaban J connectivity index is 1.44. The molecule has 0 radical (unpaired) electrons. The minimum absolute atomic E-state index is 0.0696. The van der Waals surface area contributed by atoms with E-state index in [1.807, 2.05) is 40.0 Å². The van der Waals surface area contributed by atoms with E-state index >= 15 is 0 Å². The van der Waals surface area contributed by atoms with E-state index in [-0.39, 0.29) is 6.03 Å². The lowest BCUT2D eigenvalue weighted by atomic mass is 10.00. The lowest BCUT2D eigenvalue weighted by molar-refractivity contribution is 0.143. The average Bonchev–Trinajstić information content (AvgIpc) is 3.23. The fraction of sp³-hybridized carbons (Fsp3) is 0.524. The molecule has 0 bridgehead atoms. The number of methoxy groups -OCH3 is 1. The molecule has 2 heterocycles. The van der Waals surface area contributed by atoms with E-state index in [1.54, 1.807) is 13.3 Å². The molecule has 0 saturated carbocycles. The number of para-hydroxylation sites is 1. The second-order valence-corrected chi connectivity index (χ2v) is 7.05. The molecular formula is C21H30N4O2. The van der Waals surface area contributed by atoms with Gasteiger partial charge in [-0.15, -0.1) is 0 Å². The third kappa shape index (κ3) is 5.49. The molecule has 1 atom stereocenters. The van der Waals surface area contributed by atoms with Gasteiger partial charge in [0, 0.05) is 38.1 Å². The molecule has 1 aliphatic heterocycles. The maximum atomic E-state index is 12.7. The van der Waals surface area contributed by atoms with Gasteiger partial charge >= 0.3 is 6.03 Å². The maximum Gasteiger partial charge on any atom is 0.317 e. The fourth-order valence-electron chi connectivity index (χ4n) is 3.77. The van der Waals surface area contributed by atoms with Crippen LogP contribution in [0.1, 0.15) is 37.7 Å². The first-order valence-electron chi connectivity index (χ1n) is 9.91. The topological polar surface area (TPSA) is 59.4 Å². The van der Waals surface area contributed by atoms with E-state index in [0.717, 1.165) is 50.9 Å². The third-order valence-electron chi connectivity index (χ3n) is 5.23. The lowest BCUT2D eigenvalue weighted by Gasteiger charge is -2.35. The summed E-state index contributed by atoms with van der Waals surface area (Å²) in [5, 5.41) is 7.37. The van der Waals surface area contributed by atoms with Gasteiger partial charge in [0.15, 0.2) is 0 Å². The van der Waals surface area contributed by atoms with Crippen LogP contribution in [0.3, 0.4) is 0 Å².